The molecule has 3 nitrogen and oxygen atoms in total. The van der Waals surface area contributed by atoms with Crippen LogP contribution in [-0.2, 0) is 0 Å². The Bertz CT molecular complexity index is 342. The van der Waals surface area contributed by atoms with Crippen LogP contribution in [0, 0.1) is 6.92 Å². The number of hydrogen-bond donors (Lipinski definition) is 2. The monoisotopic (exact) mass is 229 g/mol. The van der Waals surface area contributed by atoms with Crippen LogP contribution < -0.4 is 10.5 Å². The van der Waals surface area contributed by atoms with E-state index in [4.69, 9.17) is 22.1 Å². The van der Waals surface area contributed by atoms with Crippen LogP contribution in [0.3, 0.4) is 0 Å². The lowest BCUT2D eigenvalue weighted by atomic mass is 10.0. The Morgan fingerprint density at radius 1 is 1.53 bits per heavy atom. The predicted octanol–water partition coefficient (Wildman–Crippen LogP) is 2.04. The second-order valence-electron chi connectivity index (χ2n) is 3.44. The highest BCUT2D eigenvalue weighted by molar-refractivity contribution is 6.31. The Labute approximate surface area is 94.8 Å². The Morgan fingerprint density at radius 3 is 2.73 bits per heavy atom. The molecule has 1 atom stereocenters. The van der Waals surface area contributed by atoms with Crippen LogP contribution in [0.2, 0.25) is 5.02 Å². The van der Waals surface area contributed by atoms with Crippen molar-refractivity contribution in [1.29, 1.82) is 0 Å². The van der Waals surface area contributed by atoms with E-state index in [0.717, 1.165) is 5.56 Å². The van der Waals surface area contributed by atoms with E-state index in [9.17, 15) is 5.11 Å². The van der Waals surface area contributed by atoms with Gasteiger partial charge in [-0.25, -0.2) is 0 Å². The van der Waals surface area contributed by atoms with Gasteiger partial charge in [-0.05, 0) is 37.6 Å². The summed E-state index contributed by atoms with van der Waals surface area (Å²) >= 11 is 5.99. The third-order valence-electron chi connectivity index (χ3n) is 2.31. The van der Waals surface area contributed by atoms with E-state index in [0.29, 0.717) is 29.3 Å². The van der Waals surface area contributed by atoms with Crippen LogP contribution >= 0.6 is 11.6 Å². The average Bonchev–Trinajstić information content (AvgIpc) is 2.21. The van der Waals surface area contributed by atoms with E-state index in [1.165, 1.54) is 0 Å². The summed E-state index contributed by atoms with van der Waals surface area (Å²) in [5, 5.41) is 10.5. The molecule has 1 unspecified atom stereocenters. The molecule has 0 spiro atoms. The Kier molecular flexibility index (Phi) is 4.39. The van der Waals surface area contributed by atoms with Crippen molar-refractivity contribution in [3.8, 4) is 5.75 Å². The lowest BCUT2D eigenvalue weighted by Crippen LogP contribution is -2.08. The van der Waals surface area contributed by atoms with Gasteiger partial charge in [-0.2, -0.15) is 0 Å². The number of hydrogen-bond acceptors (Lipinski definition) is 3. The summed E-state index contributed by atoms with van der Waals surface area (Å²) in [5.41, 5.74) is 7.01. The number of nitrogens with two attached hydrogens (primary N) is 1. The van der Waals surface area contributed by atoms with Crippen molar-refractivity contribution >= 4 is 11.6 Å². The third kappa shape index (κ3) is 2.84. The number of rotatable bonds is 4. The molecule has 3 N–H and O–H groups in total. The highest BCUT2D eigenvalue weighted by atomic mass is 35.5. The maximum Gasteiger partial charge on any atom is 0.125 e. The lowest BCUT2D eigenvalue weighted by Gasteiger charge is -2.15. The van der Waals surface area contributed by atoms with Crippen molar-refractivity contribution in [3.63, 3.8) is 0 Å². The van der Waals surface area contributed by atoms with Crippen molar-refractivity contribution < 1.29 is 9.84 Å². The molecular formula is C11H16ClNO2. The van der Waals surface area contributed by atoms with Crippen molar-refractivity contribution in [2.24, 2.45) is 5.73 Å². The normalized spacial score (nSPS) is 12.6. The molecular weight excluding hydrogens is 214 g/mol. The quantitative estimate of drug-likeness (QED) is 0.831. The molecule has 0 amide bonds. The van der Waals surface area contributed by atoms with Crippen LogP contribution in [0.25, 0.3) is 0 Å². The van der Waals surface area contributed by atoms with Gasteiger partial charge in [0.05, 0.1) is 13.2 Å². The molecule has 0 aliphatic heterocycles. The molecule has 0 aliphatic rings. The van der Waals surface area contributed by atoms with Gasteiger partial charge in [0.1, 0.15) is 5.75 Å². The fourth-order valence-electron chi connectivity index (χ4n) is 1.42. The van der Waals surface area contributed by atoms with Crippen LogP contribution in [0.4, 0.5) is 0 Å². The second kappa shape index (κ2) is 5.35. The number of benzene rings is 1. The van der Waals surface area contributed by atoms with Crippen LogP contribution in [0.15, 0.2) is 12.1 Å². The molecule has 0 radical (unpaired) electrons. The summed E-state index contributed by atoms with van der Waals surface area (Å²) in [6, 6.07) is 3.55. The molecule has 4 heteroatoms. The number of aryl methyl sites for hydroxylation is 1. The molecule has 0 heterocycles. The zero-order chi connectivity index (χ0) is 11.4. The summed E-state index contributed by atoms with van der Waals surface area (Å²) in [6.45, 7) is 2.32. The maximum absolute atomic E-state index is 9.83. The molecule has 84 valence electrons. The fourth-order valence-corrected chi connectivity index (χ4v) is 1.59. The minimum absolute atomic E-state index is 0.426. The smallest absolute Gasteiger partial charge is 0.125 e. The molecule has 1 rings (SSSR count). The van der Waals surface area contributed by atoms with Gasteiger partial charge < -0.3 is 15.6 Å². The summed E-state index contributed by atoms with van der Waals surface area (Å²) in [5.74, 6) is 0.651. The predicted molar refractivity (Wildman–Crippen MR) is 61.4 cm³/mol. The van der Waals surface area contributed by atoms with E-state index in [2.05, 4.69) is 0 Å². The molecule has 0 saturated heterocycles. The van der Waals surface area contributed by atoms with E-state index in [-0.39, 0.29) is 0 Å². The van der Waals surface area contributed by atoms with Crippen molar-refractivity contribution in [2.75, 3.05) is 13.7 Å². The standard InChI is InChI=1S/C11H16ClNO2/c1-7-5-11(15-2)8(6-9(7)12)10(14)3-4-13/h5-6,10,14H,3-4,13H2,1-2H3. The number of aliphatic hydroxyl groups is 1. The van der Waals surface area contributed by atoms with Gasteiger partial charge in [0.2, 0.25) is 0 Å². The molecule has 0 fully saturated rings. The Hall–Kier alpha value is -0.770. The van der Waals surface area contributed by atoms with Gasteiger partial charge >= 0.3 is 0 Å². The zero-order valence-corrected chi connectivity index (χ0v) is 9.71. The SMILES string of the molecule is COc1cc(C)c(Cl)cc1C(O)CCN. The van der Waals surface area contributed by atoms with Gasteiger partial charge in [-0.1, -0.05) is 11.6 Å². The highest BCUT2D eigenvalue weighted by Crippen LogP contribution is 2.32. The summed E-state index contributed by atoms with van der Waals surface area (Å²) < 4.78 is 5.19. The lowest BCUT2D eigenvalue weighted by molar-refractivity contribution is 0.166. The Balaban J connectivity index is 3.09. The molecule has 1 aromatic rings. The van der Waals surface area contributed by atoms with Crippen LogP contribution in [-0.4, -0.2) is 18.8 Å². The van der Waals surface area contributed by atoms with E-state index in [1.54, 1.807) is 13.2 Å². The summed E-state index contributed by atoms with van der Waals surface area (Å²) in [4.78, 5) is 0. The Morgan fingerprint density at radius 2 is 2.20 bits per heavy atom. The number of aliphatic hydroxyl groups excluding tert-OH is 1. The minimum atomic E-state index is -0.622. The van der Waals surface area contributed by atoms with Gasteiger partial charge in [0.25, 0.3) is 0 Å². The topological polar surface area (TPSA) is 55.5 Å². The first-order chi connectivity index (χ1) is 7.10. The molecule has 1 aromatic carbocycles. The van der Waals surface area contributed by atoms with E-state index >= 15 is 0 Å². The van der Waals surface area contributed by atoms with Crippen molar-refractivity contribution in [3.05, 3.63) is 28.3 Å². The first kappa shape index (κ1) is 12.3. The second-order valence-corrected chi connectivity index (χ2v) is 3.84. The third-order valence-corrected chi connectivity index (χ3v) is 2.72. The number of halogens is 1. The van der Waals surface area contributed by atoms with Gasteiger partial charge in [0, 0.05) is 10.6 Å². The molecule has 15 heavy (non-hydrogen) atoms. The summed E-state index contributed by atoms with van der Waals surface area (Å²) in [6.07, 6.45) is -0.126. The number of methoxy groups -OCH3 is 1. The van der Waals surface area contributed by atoms with Crippen molar-refractivity contribution in [1.82, 2.24) is 0 Å². The van der Waals surface area contributed by atoms with Crippen LogP contribution in [0.5, 0.6) is 5.75 Å². The maximum atomic E-state index is 9.83. The first-order valence-corrected chi connectivity index (χ1v) is 5.20. The first-order valence-electron chi connectivity index (χ1n) is 4.82. The summed E-state index contributed by atoms with van der Waals surface area (Å²) in [7, 11) is 1.57. The van der Waals surface area contributed by atoms with Gasteiger partial charge in [-0.3, -0.25) is 0 Å². The molecule has 0 aliphatic carbocycles. The average molecular weight is 230 g/mol. The van der Waals surface area contributed by atoms with Crippen LogP contribution in [0.1, 0.15) is 23.7 Å². The highest BCUT2D eigenvalue weighted by Gasteiger charge is 2.14. The van der Waals surface area contributed by atoms with Crippen molar-refractivity contribution in [2.45, 2.75) is 19.4 Å². The van der Waals surface area contributed by atoms with Gasteiger partial charge in [-0.15, -0.1) is 0 Å². The number of ether oxygens (including phenoxy) is 1. The van der Waals surface area contributed by atoms with E-state index < -0.39 is 6.10 Å². The molecule has 0 bridgehead atoms. The largest absolute Gasteiger partial charge is 0.496 e. The molecule has 0 aromatic heterocycles. The molecule has 0 saturated carbocycles. The van der Waals surface area contributed by atoms with Gasteiger partial charge in [0.15, 0.2) is 0 Å². The fraction of sp³-hybridized carbons (Fsp3) is 0.455. The zero-order valence-electron chi connectivity index (χ0n) is 8.96. The minimum Gasteiger partial charge on any atom is -0.496 e. The van der Waals surface area contributed by atoms with E-state index in [1.807, 2.05) is 13.0 Å².